The van der Waals surface area contributed by atoms with Gasteiger partial charge in [0.2, 0.25) is 0 Å². The summed E-state index contributed by atoms with van der Waals surface area (Å²) in [4.78, 5) is 9.71. The number of nitrogens with one attached hydrogen (secondary N) is 1. The average Bonchev–Trinajstić information content (AvgIpc) is 3.18. The van der Waals surface area contributed by atoms with Crippen LogP contribution >= 0.6 is 11.6 Å². The van der Waals surface area contributed by atoms with E-state index in [0.717, 1.165) is 28.1 Å². The molecule has 0 spiro atoms. The topological polar surface area (TPSA) is 73.0 Å². The van der Waals surface area contributed by atoms with Gasteiger partial charge in [-0.3, -0.25) is 4.68 Å². The third-order valence-electron chi connectivity index (χ3n) is 4.58. The number of aryl methyl sites for hydroxylation is 1. The van der Waals surface area contributed by atoms with E-state index in [4.69, 9.17) is 16.7 Å². The van der Waals surface area contributed by atoms with Crippen molar-refractivity contribution in [1.29, 1.82) is 5.26 Å². The van der Waals surface area contributed by atoms with Crippen LogP contribution in [0.25, 0.3) is 10.9 Å². The molecule has 1 aliphatic rings. The molecule has 0 saturated heterocycles. The van der Waals surface area contributed by atoms with E-state index < -0.39 is 5.54 Å². The minimum Gasteiger partial charge on any atom is -0.345 e. The number of nitrogens with zero attached hydrogens (tertiary/aromatic N) is 5. The number of halogens is 1. The quantitative estimate of drug-likeness (QED) is 0.753. The van der Waals surface area contributed by atoms with Gasteiger partial charge in [0.1, 0.15) is 11.6 Å². The second kappa shape index (κ2) is 5.36. The molecule has 1 aliphatic heterocycles. The van der Waals surface area contributed by atoms with Crippen LogP contribution in [0.3, 0.4) is 0 Å². The normalized spacial score (nSPS) is 16.9. The van der Waals surface area contributed by atoms with Gasteiger partial charge in [0.15, 0.2) is 5.82 Å². The summed E-state index contributed by atoms with van der Waals surface area (Å²) >= 11 is 6.14. The second-order valence-corrected chi connectivity index (χ2v) is 7.08. The van der Waals surface area contributed by atoms with Crippen molar-refractivity contribution >= 4 is 40.2 Å². The van der Waals surface area contributed by atoms with Crippen molar-refractivity contribution in [2.45, 2.75) is 25.4 Å². The van der Waals surface area contributed by atoms with Crippen molar-refractivity contribution < 1.29 is 0 Å². The smallest absolute Gasteiger partial charge is 0.153 e. The van der Waals surface area contributed by atoms with Crippen LogP contribution in [0.15, 0.2) is 35.5 Å². The van der Waals surface area contributed by atoms with Crippen LogP contribution < -0.4 is 4.90 Å². The number of H-pyrrole nitrogens is 1. The summed E-state index contributed by atoms with van der Waals surface area (Å²) in [5.41, 5.74) is 1.97. The van der Waals surface area contributed by atoms with Crippen LogP contribution in [0.2, 0.25) is 5.02 Å². The van der Waals surface area contributed by atoms with E-state index in [1.807, 2.05) is 62.3 Å². The Kier molecular flexibility index (Phi) is 3.37. The maximum atomic E-state index is 9.74. The molecule has 0 saturated carbocycles. The third kappa shape index (κ3) is 2.31. The zero-order valence-corrected chi connectivity index (χ0v) is 14.9. The average molecular weight is 353 g/mol. The molecule has 0 bridgehead atoms. The minimum absolute atomic E-state index is 0.247. The van der Waals surface area contributed by atoms with Gasteiger partial charge in [-0.15, -0.1) is 0 Å². The Hall–Kier alpha value is -2.78. The van der Waals surface area contributed by atoms with E-state index in [9.17, 15) is 5.26 Å². The summed E-state index contributed by atoms with van der Waals surface area (Å²) in [7, 11) is 1.89. The van der Waals surface area contributed by atoms with E-state index in [0.29, 0.717) is 5.02 Å². The number of hydrogen-bond acceptors (Lipinski definition) is 4. The summed E-state index contributed by atoms with van der Waals surface area (Å²) in [5, 5.41) is 16.1. The fourth-order valence-electron chi connectivity index (χ4n) is 3.38. The molecule has 1 unspecified atom stereocenters. The van der Waals surface area contributed by atoms with Crippen molar-refractivity contribution in [3.8, 4) is 6.07 Å². The standard InChI is InChI=1S/C18H17ClN6/c1-18(2,10-20)25-13-6-7-21-17(13)22-9-15(25)16-12-5-4-11(19)8-14(12)24(3)23-16/h4-9,15,21H,1-3H3. The zero-order chi connectivity index (χ0) is 17.8. The van der Waals surface area contributed by atoms with Crippen molar-refractivity contribution in [2.75, 3.05) is 4.90 Å². The predicted octanol–water partition coefficient (Wildman–Crippen LogP) is 4.12. The van der Waals surface area contributed by atoms with E-state index in [1.165, 1.54) is 0 Å². The highest BCUT2D eigenvalue weighted by atomic mass is 35.5. The van der Waals surface area contributed by atoms with Gasteiger partial charge in [0.05, 0.1) is 23.0 Å². The van der Waals surface area contributed by atoms with Crippen LogP contribution in [0.4, 0.5) is 11.5 Å². The van der Waals surface area contributed by atoms with Crippen LogP contribution in [0.5, 0.6) is 0 Å². The molecule has 3 aromatic rings. The fraction of sp³-hybridized carbons (Fsp3) is 0.278. The van der Waals surface area contributed by atoms with Crippen LogP contribution in [0.1, 0.15) is 25.6 Å². The molecule has 6 nitrogen and oxygen atoms in total. The minimum atomic E-state index is -0.732. The highest BCUT2D eigenvalue weighted by Gasteiger charge is 2.38. The second-order valence-electron chi connectivity index (χ2n) is 6.65. The molecule has 0 fully saturated rings. The Bertz CT molecular complexity index is 1040. The van der Waals surface area contributed by atoms with Crippen molar-refractivity contribution in [3.63, 3.8) is 0 Å². The lowest BCUT2D eigenvalue weighted by atomic mass is 9.97. The molecule has 0 amide bonds. The monoisotopic (exact) mass is 352 g/mol. The Morgan fingerprint density at radius 2 is 2.12 bits per heavy atom. The van der Waals surface area contributed by atoms with E-state index >= 15 is 0 Å². The number of hydrogen-bond donors (Lipinski definition) is 1. The Morgan fingerprint density at radius 3 is 2.88 bits per heavy atom. The Morgan fingerprint density at radius 1 is 1.32 bits per heavy atom. The number of aromatic nitrogens is 3. The summed E-state index contributed by atoms with van der Waals surface area (Å²) in [6, 6.07) is 9.82. The lowest BCUT2D eigenvalue weighted by Gasteiger charge is -2.40. The highest BCUT2D eigenvalue weighted by Crippen LogP contribution is 2.42. The van der Waals surface area contributed by atoms with Gasteiger partial charge in [-0.2, -0.15) is 10.4 Å². The third-order valence-corrected chi connectivity index (χ3v) is 4.82. The number of aliphatic imine (C=N–C) groups is 1. The van der Waals surface area contributed by atoms with Crippen LogP contribution in [0, 0.1) is 11.3 Å². The lowest BCUT2D eigenvalue weighted by molar-refractivity contribution is 0.542. The molecule has 126 valence electrons. The first kappa shape index (κ1) is 15.7. The number of rotatable bonds is 2. The van der Waals surface area contributed by atoms with Gasteiger partial charge in [0.25, 0.3) is 0 Å². The van der Waals surface area contributed by atoms with Crippen molar-refractivity contribution in [2.24, 2.45) is 12.0 Å². The first-order valence-corrected chi connectivity index (χ1v) is 8.34. The number of nitriles is 1. The summed E-state index contributed by atoms with van der Waals surface area (Å²) in [6.45, 7) is 3.80. The van der Waals surface area contributed by atoms with E-state index in [2.05, 4.69) is 20.9 Å². The molecule has 0 radical (unpaired) electrons. The number of benzene rings is 1. The van der Waals surface area contributed by atoms with Gasteiger partial charge in [-0.25, -0.2) is 4.99 Å². The summed E-state index contributed by atoms with van der Waals surface area (Å²) < 4.78 is 1.81. The molecule has 3 heterocycles. The molecule has 4 rings (SSSR count). The molecule has 2 aromatic heterocycles. The number of fused-ring (bicyclic) bond motifs is 2. The summed E-state index contributed by atoms with van der Waals surface area (Å²) in [5.74, 6) is 0.753. The van der Waals surface area contributed by atoms with Crippen LogP contribution in [-0.4, -0.2) is 26.5 Å². The molecule has 0 aliphatic carbocycles. The van der Waals surface area contributed by atoms with Gasteiger partial charge < -0.3 is 9.88 Å². The SMILES string of the molecule is Cn1nc(C2C=Nc3[nH]ccc3N2C(C)(C)C#N)c2ccc(Cl)cc21. The zero-order valence-electron chi connectivity index (χ0n) is 14.2. The van der Waals surface area contributed by atoms with Gasteiger partial charge in [-0.1, -0.05) is 11.6 Å². The van der Waals surface area contributed by atoms with Gasteiger partial charge in [-0.05, 0) is 38.1 Å². The van der Waals surface area contributed by atoms with Gasteiger partial charge >= 0.3 is 0 Å². The number of anilines is 1. The maximum absolute atomic E-state index is 9.74. The molecular formula is C18H17ClN6. The summed E-state index contributed by atoms with van der Waals surface area (Å²) in [6.07, 6.45) is 3.68. The van der Waals surface area contributed by atoms with E-state index in [-0.39, 0.29) is 6.04 Å². The maximum Gasteiger partial charge on any atom is 0.153 e. The molecule has 7 heteroatoms. The van der Waals surface area contributed by atoms with Gasteiger partial charge in [0, 0.05) is 29.9 Å². The first-order chi connectivity index (χ1) is 11.9. The molecular weight excluding hydrogens is 336 g/mol. The van der Waals surface area contributed by atoms with Crippen molar-refractivity contribution in [3.05, 3.63) is 41.2 Å². The first-order valence-electron chi connectivity index (χ1n) is 7.96. The molecule has 1 aromatic carbocycles. The predicted molar refractivity (Wildman–Crippen MR) is 99.6 cm³/mol. The molecule has 1 atom stereocenters. The molecule has 25 heavy (non-hydrogen) atoms. The lowest BCUT2D eigenvalue weighted by Crippen LogP contribution is -2.47. The molecule has 1 N–H and O–H groups in total. The fourth-order valence-corrected chi connectivity index (χ4v) is 3.55. The van der Waals surface area contributed by atoms with Crippen molar-refractivity contribution in [1.82, 2.24) is 14.8 Å². The highest BCUT2D eigenvalue weighted by molar-refractivity contribution is 6.31. The van der Waals surface area contributed by atoms with Crippen LogP contribution in [-0.2, 0) is 7.05 Å². The number of aromatic amines is 1. The Balaban J connectivity index is 1.94. The largest absolute Gasteiger partial charge is 0.345 e. The Labute approximate surface area is 150 Å². The van der Waals surface area contributed by atoms with E-state index in [1.54, 1.807) is 0 Å².